The molecule has 0 fully saturated rings. The lowest BCUT2D eigenvalue weighted by Gasteiger charge is -2.15. The van der Waals surface area contributed by atoms with Crippen molar-refractivity contribution in [1.82, 2.24) is 5.32 Å². The molecule has 0 spiro atoms. The molecule has 1 atom stereocenters. The number of amides is 2. The third kappa shape index (κ3) is 6.42. The maximum absolute atomic E-state index is 12.0. The van der Waals surface area contributed by atoms with E-state index >= 15 is 0 Å². The molecule has 0 saturated heterocycles. The molecule has 0 aliphatic carbocycles. The molecule has 0 saturated carbocycles. The number of ether oxygens (including phenoxy) is 1. The Kier molecular flexibility index (Phi) is 7.37. The van der Waals surface area contributed by atoms with Gasteiger partial charge in [-0.25, -0.2) is 0 Å². The molecule has 2 aromatic rings. The number of rotatable bonds is 8. The molecular formula is C21H27N3O3. The van der Waals surface area contributed by atoms with Crippen molar-refractivity contribution in [1.29, 1.82) is 0 Å². The van der Waals surface area contributed by atoms with Gasteiger partial charge in [-0.2, -0.15) is 0 Å². The minimum Gasteiger partial charge on any atom is -0.489 e. The van der Waals surface area contributed by atoms with Crippen LogP contribution < -0.4 is 21.1 Å². The van der Waals surface area contributed by atoms with E-state index < -0.39 is 6.04 Å². The Morgan fingerprint density at radius 3 is 2.56 bits per heavy atom. The zero-order chi connectivity index (χ0) is 19.8. The molecule has 6 heteroatoms. The number of carbonyl (C=O) groups is 2. The molecule has 4 N–H and O–H groups in total. The summed E-state index contributed by atoms with van der Waals surface area (Å²) in [6, 6.07) is 14.5. The molecule has 144 valence electrons. The van der Waals surface area contributed by atoms with Gasteiger partial charge in [0.05, 0.1) is 12.6 Å². The van der Waals surface area contributed by atoms with Gasteiger partial charge in [-0.3, -0.25) is 9.59 Å². The second-order valence-corrected chi connectivity index (χ2v) is 6.78. The number of hydrogen-bond acceptors (Lipinski definition) is 4. The molecule has 27 heavy (non-hydrogen) atoms. The molecule has 0 aliphatic heterocycles. The minimum absolute atomic E-state index is 0.00939. The lowest BCUT2D eigenvalue weighted by atomic mass is 10.1. The maximum Gasteiger partial charge on any atom is 0.243 e. The van der Waals surface area contributed by atoms with Gasteiger partial charge in [0.15, 0.2) is 0 Å². The summed E-state index contributed by atoms with van der Waals surface area (Å²) in [7, 11) is 0. The van der Waals surface area contributed by atoms with Gasteiger partial charge in [0.1, 0.15) is 12.4 Å². The van der Waals surface area contributed by atoms with Crippen LogP contribution in [-0.2, 0) is 16.2 Å². The molecule has 0 heterocycles. The molecule has 2 rings (SSSR count). The van der Waals surface area contributed by atoms with Gasteiger partial charge in [0.25, 0.3) is 0 Å². The summed E-state index contributed by atoms with van der Waals surface area (Å²) in [6.45, 7) is 6.06. The van der Waals surface area contributed by atoms with Crippen LogP contribution in [0.3, 0.4) is 0 Å². The summed E-state index contributed by atoms with van der Waals surface area (Å²) in [5.41, 5.74) is 8.62. The normalized spacial score (nSPS) is 11.7. The van der Waals surface area contributed by atoms with Crippen LogP contribution in [0.15, 0.2) is 48.5 Å². The lowest BCUT2D eigenvalue weighted by molar-refractivity contribution is -0.125. The van der Waals surface area contributed by atoms with Gasteiger partial charge in [-0.05, 0) is 36.1 Å². The number of carbonyl (C=O) groups excluding carboxylic acids is 2. The number of nitrogens with one attached hydrogen (secondary N) is 2. The number of nitrogens with two attached hydrogens (primary N) is 1. The third-order valence-electron chi connectivity index (χ3n) is 4.22. The Labute approximate surface area is 160 Å². The van der Waals surface area contributed by atoms with Crippen LogP contribution in [0, 0.1) is 12.8 Å². The maximum atomic E-state index is 12.0. The van der Waals surface area contributed by atoms with Crippen molar-refractivity contribution < 1.29 is 14.3 Å². The van der Waals surface area contributed by atoms with Crippen LogP contribution in [0.1, 0.15) is 25.0 Å². The summed E-state index contributed by atoms with van der Waals surface area (Å²) in [4.78, 5) is 23.8. The van der Waals surface area contributed by atoms with Gasteiger partial charge < -0.3 is 21.1 Å². The highest BCUT2D eigenvalue weighted by atomic mass is 16.5. The molecule has 0 radical (unpaired) electrons. The Morgan fingerprint density at radius 2 is 1.85 bits per heavy atom. The number of aryl methyl sites for hydroxylation is 1. The summed E-state index contributed by atoms with van der Waals surface area (Å²) in [5.74, 6) is 0.00267. The van der Waals surface area contributed by atoms with Crippen molar-refractivity contribution in [2.45, 2.75) is 33.4 Å². The Morgan fingerprint density at radius 1 is 1.11 bits per heavy atom. The Bertz CT molecular complexity index is 790. The van der Waals surface area contributed by atoms with Crippen LogP contribution in [-0.4, -0.2) is 24.4 Å². The summed E-state index contributed by atoms with van der Waals surface area (Å²) < 4.78 is 5.81. The molecule has 0 aliphatic rings. The van der Waals surface area contributed by atoms with E-state index in [4.69, 9.17) is 10.5 Å². The van der Waals surface area contributed by atoms with E-state index in [0.29, 0.717) is 18.0 Å². The highest BCUT2D eigenvalue weighted by molar-refractivity contribution is 5.95. The molecule has 2 amide bonds. The molecular weight excluding hydrogens is 342 g/mol. The smallest absolute Gasteiger partial charge is 0.243 e. The molecule has 0 unspecified atom stereocenters. The number of anilines is 1. The third-order valence-corrected chi connectivity index (χ3v) is 4.22. The van der Waals surface area contributed by atoms with E-state index in [1.807, 2.05) is 51.1 Å². The van der Waals surface area contributed by atoms with E-state index in [1.165, 1.54) is 0 Å². The largest absolute Gasteiger partial charge is 0.489 e. The molecule has 0 bridgehead atoms. The van der Waals surface area contributed by atoms with Crippen LogP contribution in [0.4, 0.5) is 5.69 Å². The number of benzene rings is 2. The average Bonchev–Trinajstić information content (AvgIpc) is 2.65. The van der Waals surface area contributed by atoms with Gasteiger partial charge in [0.2, 0.25) is 11.8 Å². The van der Waals surface area contributed by atoms with Crippen molar-refractivity contribution in [2.24, 2.45) is 11.7 Å². The van der Waals surface area contributed by atoms with E-state index in [1.54, 1.807) is 18.2 Å². The highest BCUT2D eigenvalue weighted by Gasteiger charge is 2.17. The first kappa shape index (κ1) is 20.5. The second-order valence-electron chi connectivity index (χ2n) is 6.78. The fraction of sp³-hybridized carbons (Fsp3) is 0.333. The Hall–Kier alpha value is -2.86. The van der Waals surface area contributed by atoms with E-state index in [0.717, 1.165) is 11.1 Å². The summed E-state index contributed by atoms with van der Waals surface area (Å²) >= 11 is 0. The van der Waals surface area contributed by atoms with E-state index in [9.17, 15) is 9.59 Å². The number of hydrogen-bond donors (Lipinski definition) is 3. The summed E-state index contributed by atoms with van der Waals surface area (Å²) in [6.07, 6.45) is 0. The highest BCUT2D eigenvalue weighted by Crippen LogP contribution is 2.19. The molecule has 6 nitrogen and oxygen atoms in total. The zero-order valence-electron chi connectivity index (χ0n) is 16.0. The Balaban J connectivity index is 1.87. The van der Waals surface area contributed by atoms with Crippen molar-refractivity contribution in [3.05, 3.63) is 59.7 Å². The summed E-state index contributed by atoms with van der Waals surface area (Å²) in [5, 5.41) is 5.28. The topological polar surface area (TPSA) is 93.5 Å². The first-order valence-electron chi connectivity index (χ1n) is 8.97. The standard InChI is InChI=1S/C21H27N3O3/c1-14(2)20(22)21(26)23-12-19(25)24-17-9-6-10-18(11-17)27-13-16-8-5-4-7-15(16)3/h4-11,14,20H,12-13,22H2,1-3H3,(H,23,26)(H,24,25)/t20-/m0/s1. The first-order chi connectivity index (χ1) is 12.9. The van der Waals surface area contributed by atoms with Crippen LogP contribution >= 0.6 is 0 Å². The van der Waals surface area contributed by atoms with Crippen molar-refractivity contribution in [3.8, 4) is 5.75 Å². The average molecular weight is 369 g/mol. The van der Waals surface area contributed by atoms with E-state index in [2.05, 4.69) is 10.6 Å². The second kappa shape index (κ2) is 9.73. The zero-order valence-corrected chi connectivity index (χ0v) is 16.0. The minimum atomic E-state index is -0.629. The lowest BCUT2D eigenvalue weighted by Crippen LogP contribution is -2.46. The van der Waals surface area contributed by atoms with Crippen molar-refractivity contribution >= 4 is 17.5 Å². The van der Waals surface area contributed by atoms with Gasteiger partial charge >= 0.3 is 0 Å². The van der Waals surface area contributed by atoms with Crippen molar-refractivity contribution in [2.75, 3.05) is 11.9 Å². The van der Waals surface area contributed by atoms with Gasteiger partial charge in [0, 0.05) is 11.8 Å². The fourth-order valence-corrected chi connectivity index (χ4v) is 2.39. The SMILES string of the molecule is Cc1ccccc1COc1cccc(NC(=O)CNC(=O)[C@@H](N)C(C)C)c1. The fourth-order valence-electron chi connectivity index (χ4n) is 2.39. The van der Waals surface area contributed by atoms with Gasteiger partial charge in [-0.1, -0.05) is 44.2 Å². The van der Waals surface area contributed by atoms with Crippen LogP contribution in [0.5, 0.6) is 5.75 Å². The molecule has 2 aromatic carbocycles. The quantitative estimate of drug-likeness (QED) is 0.667. The monoisotopic (exact) mass is 369 g/mol. The van der Waals surface area contributed by atoms with Gasteiger partial charge in [-0.15, -0.1) is 0 Å². The van der Waals surface area contributed by atoms with E-state index in [-0.39, 0.29) is 24.3 Å². The van der Waals surface area contributed by atoms with Crippen LogP contribution in [0.2, 0.25) is 0 Å². The van der Waals surface area contributed by atoms with Crippen LogP contribution in [0.25, 0.3) is 0 Å². The predicted octanol–water partition coefficient (Wildman–Crippen LogP) is 2.61. The molecule has 0 aromatic heterocycles. The first-order valence-corrected chi connectivity index (χ1v) is 8.97. The van der Waals surface area contributed by atoms with Crippen molar-refractivity contribution in [3.63, 3.8) is 0 Å². The predicted molar refractivity (Wildman–Crippen MR) is 106 cm³/mol.